The molecule has 0 aromatic carbocycles. The molecule has 0 saturated carbocycles. The van der Waals surface area contributed by atoms with E-state index >= 15 is 0 Å². The van der Waals surface area contributed by atoms with E-state index < -0.39 is 0 Å². The van der Waals surface area contributed by atoms with E-state index in [0.717, 1.165) is 11.8 Å². The zero-order valence-corrected chi connectivity index (χ0v) is 9.76. The van der Waals surface area contributed by atoms with E-state index in [1.807, 2.05) is 0 Å². The minimum atomic E-state index is 0.114. The van der Waals surface area contributed by atoms with Crippen LogP contribution in [0.1, 0.15) is 53.9 Å². The summed E-state index contributed by atoms with van der Waals surface area (Å²) in [6.07, 6.45) is 4.27. The SMILES string of the molecule is CCC(C)C1CCC(C)(C)OC1C. The molecule has 78 valence electrons. The van der Waals surface area contributed by atoms with Crippen LogP contribution in [0.15, 0.2) is 0 Å². The van der Waals surface area contributed by atoms with Gasteiger partial charge in [-0.2, -0.15) is 0 Å². The molecule has 1 saturated heterocycles. The van der Waals surface area contributed by atoms with Gasteiger partial charge in [-0.3, -0.25) is 0 Å². The summed E-state index contributed by atoms with van der Waals surface area (Å²) in [5, 5.41) is 0. The number of ether oxygens (including phenoxy) is 1. The normalized spacial score (nSPS) is 35.8. The van der Waals surface area contributed by atoms with Crippen molar-refractivity contribution in [2.24, 2.45) is 11.8 Å². The van der Waals surface area contributed by atoms with E-state index in [-0.39, 0.29) is 5.60 Å². The number of rotatable bonds is 2. The molecular weight excluding hydrogens is 160 g/mol. The first-order valence-electron chi connectivity index (χ1n) is 5.64. The van der Waals surface area contributed by atoms with Gasteiger partial charge in [-0.1, -0.05) is 20.3 Å². The summed E-state index contributed by atoms with van der Waals surface area (Å²) in [6.45, 7) is 11.3. The molecule has 1 aliphatic heterocycles. The first kappa shape index (κ1) is 11.0. The fraction of sp³-hybridized carbons (Fsp3) is 1.00. The van der Waals surface area contributed by atoms with Crippen molar-refractivity contribution in [1.82, 2.24) is 0 Å². The van der Waals surface area contributed by atoms with E-state index in [0.29, 0.717) is 6.10 Å². The molecule has 0 aromatic rings. The lowest BCUT2D eigenvalue weighted by Crippen LogP contribution is -2.41. The summed E-state index contributed by atoms with van der Waals surface area (Å²) in [5.41, 5.74) is 0.114. The minimum Gasteiger partial charge on any atom is -0.372 e. The zero-order chi connectivity index (χ0) is 10.1. The maximum atomic E-state index is 6.01. The second kappa shape index (κ2) is 4.00. The maximum absolute atomic E-state index is 6.01. The third-order valence-corrected chi connectivity index (χ3v) is 3.56. The van der Waals surface area contributed by atoms with E-state index in [9.17, 15) is 0 Å². The average Bonchev–Trinajstić information content (AvgIpc) is 2.01. The van der Waals surface area contributed by atoms with Crippen molar-refractivity contribution in [3.8, 4) is 0 Å². The summed E-state index contributed by atoms with van der Waals surface area (Å²) in [4.78, 5) is 0. The second-order valence-corrected chi connectivity index (χ2v) is 5.17. The Morgan fingerprint density at radius 1 is 1.46 bits per heavy atom. The Morgan fingerprint density at radius 3 is 2.54 bits per heavy atom. The van der Waals surface area contributed by atoms with Gasteiger partial charge >= 0.3 is 0 Å². The van der Waals surface area contributed by atoms with Crippen molar-refractivity contribution in [1.29, 1.82) is 0 Å². The molecule has 1 heterocycles. The van der Waals surface area contributed by atoms with E-state index in [2.05, 4.69) is 34.6 Å². The molecule has 13 heavy (non-hydrogen) atoms. The highest BCUT2D eigenvalue weighted by atomic mass is 16.5. The van der Waals surface area contributed by atoms with Crippen LogP contribution in [0.5, 0.6) is 0 Å². The van der Waals surface area contributed by atoms with Crippen LogP contribution >= 0.6 is 0 Å². The van der Waals surface area contributed by atoms with Gasteiger partial charge in [0, 0.05) is 0 Å². The van der Waals surface area contributed by atoms with Crippen molar-refractivity contribution < 1.29 is 4.74 Å². The Bertz CT molecular complexity index is 163. The molecule has 1 aliphatic rings. The van der Waals surface area contributed by atoms with Gasteiger partial charge in [0.2, 0.25) is 0 Å². The summed E-state index contributed by atoms with van der Waals surface area (Å²) in [6, 6.07) is 0. The molecule has 1 fully saturated rings. The van der Waals surface area contributed by atoms with Gasteiger partial charge in [-0.15, -0.1) is 0 Å². The highest BCUT2D eigenvalue weighted by Gasteiger charge is 2.34. The molecule has 1 heteroatoms. The van der Waals surface area contributed by atoms with Crippen molar-refractivity contribution in [2.75, 3.05) is 0 Å². The summed E-state index contributed by atoms with van der Waals surface area (Å²) in [7, 11) is 0. The van der Waals surface area contributed by atoms with Crippen LogP contribution in [0, 0.1) is 11.8 Å². The van der Waals surface area contributed by atoms with Crippen molar-refractivity contribution >= 4 is 0 Å². The zero-order valence-electron chi connectivity index (χ0n) is 9.76. The van der Waals surface area contributed by atoms with Crippen LogP contribution in [0.3, 0.4) is 0 Å². The molecule has 1 rings (SSSR count). The Balaban J connectivity index is 2.53. The highest BCUT2D eigenvalue weighted by Crippen LogP contribution is 2.36. The molecule has 3 unspecified atom stereocenters. The van der Waals surface area contributed by atoms with Gasteiger partial charge in [-0.05, 0) is 45.4 Å². The molecular formula is C12H24O. The average molecular weight is 184 g/mol. The van der Waals surface area contributed by atoms with Crippen LogP contribution in [-0.4, -0.2) is 11.7 Å². The van der Waals surface area contributed by atoms with Crippen molar-refractivity contribution in [3.05, 3.63) is 0 Å². The quantitative estimate of drug-likeness (QED) is 0.637. The summed E-state index contributed by atoms with van der Waals surface area (Å²) >= 11 is 0. The predicted octanol–water partition coefficient (Wildman–Crippen LogP) is 3.63. The van der Waals surface area contributed by atoms with Crippen LogP contribution < -0.4 is 0 Å². The topological polar surface area (TPSA) is 9.23 Å². The van der Waals surface area contributed by atoms with Crippen LogP contribution in [0.2, 0.25) is 0 Å². The van der Waals surface area contributed by atoms with Gasteiger partial charge < -0.3 is 4.74 Å². The summed E-state index contributed by atoms with van der Waals surface area (Å²) < 4.78 is 6.01. The largest absolute Gasteiger partial charge is 0.372 e. The van der Waals surface area contributed by atoms with Crippen LogP contribution in [0.4, 0.5) is 0 Å². The standard InChI is InChI=1S/C12H24O/c1-6-9(2)11-7-8-12(4,5)13-10(11)3/h9-11H,6-8H2,1-5H3. The van der Waals surface area contributed by atoms with Crippen LogP contribution in [-0.2, 0) is 4.74 Å². The minimum absolute atomic E-state index is 0.114. The van der Waals surface area contributed by atoms with E-state index in [1.54, 1.807) is 0 Å². The maximum Gasteiger partial charge on any atom is 0.0630 e. The smallest absolute Gasteiger partial charge is 0.0630 e. The lowest BCUT2D eigenvalue weighted by atomic mass is 9.79. The van der Waals surface area contributed by atoms with E-state index in [4.69, 9.17) is 4.74 Å². The molecule has 1 nitrogen and oxygen atoms in total. The lowest BCUT2D eigenvalue weighted by molar-refractivity contribution is -0.136. The monoisotopic (exact) mass is 184 g/mol. The van der Waals surface area contributed by atoms with Crippen LogP contribution in [0.25, 0.3) is 0 Å². The van der Waals surface area contributed by atoms with Gasteiger partial charge in [0.1, 0.15) is 0 Å². The first-order valence-corrected chi connectivity index (χ1v) is 5.64. The fourth-order valence-corrected chi connectivity index (χ4v) is 2.45. The van der Waals surface area contributed by atoms with Gasteiger partial charge in [0.05, 0.1) is 11.7 Å². The van der Waals surface area contributed by atoms with Crippen molar-refractivity contribution in [2.45, 2.75) is 65.6 Å². The molecule has 0 bridgehead atoms. The molecule has 3 atom stereocenters. The second-order valence-electron chi connectivity index (χ2n) is 5.17. The Hall–Kier alpha value is -0.0400. The Kier molecular flexibility index (Phi) is 3.39. The predicted molar refractivity (Wildman–Crippen MR) is 56.8 cm³/mol. The number of hydrogen-bond donors (Lipinski definition) is 0. The lowest BCUT2D eigenvalue weighted by Gasteiger charge is -2.42. The van der Waals surface area contributed by atoms with Gasteiger partial charge in [0.15, 0.2) is 0 Å². The number of hydrogen-bond acceptors (Lipinski definition) is 1. The molecule has 0 aliphatic carbocycles. The molecule has 0 amide bonds. The summed E-state index contributed by atoms with van der Waals surface area (Å²) in [5.74, 6) is 1.59. The molecule has 0 spiro atoms. The van der Waals surface area contributed by atoms with Crippen molar-refractivity contribution in [3.63, 3.8) is 0 Å². The Labute approximate surface area is 82.9 Å². The third-order valence-electron chi connectivity index (χ3n) is 3.56. The Morgan fingerprint density at radius 2 is 2.08 bits per heavy atom. The molecule has 0 radical (unpaired) electrons. The molecule has 0 aromatic heterocycles. The van der Waals surface area contributed by atoms with Gasteiger partial charge in [0.25, 0.3) is 0 Å². The van der Waals surface area contributed by atoms with E-state index in [1.165, 1.54) is 19.3 Å². The first-order chi connectivity index (χ1) is 5.96. The highest BCUT2D eigenvalue weighted by molar-refractivity contribution is 4.83. The molecule has 0 N–H and O–H groups in total. The van der Waals surface area contributed by atoms with Gasteiger partial charge in [-0.25, -0.2) is 0 Å². The third kappa shape index (κ3) is 2.70. The fourth-order valence-electron chi connectivity index (χ4n) is 2.45.